The zero-order valence-electron chi connectivity index (χ0n) is 9.60. The average Bonchev–Trinajstić information content (AvgIpc) is 2.24. The van der Waals surface area contributed by atoms with Gasteiger partial charge in [-0.25, -0.2) is 4.98 Å². The fourth-order valence-corrected chi connectivity index (χ4v) is 1.25. The maximum atomic E-state index is 11.6. The van der Waals surface area contributed by atoms with Crippen molar-refractivity contribution >= 4 is 5.91 Å². The van der Waals surface area contributed by atoms with Gasteiger partial charge in [0.15, 0.2) is 5.69 Å². The number of nitrogens with zero attached hydrogens (tertiary/aromatic N) is 2. The van der Waals surface area contributed by atoms with E-state index in [1.807, 2.05) is 19.0 Å². The number of aromatic nitrogens is 1. The van der Waals surface area contributed by atoms with Crippen LogP contribution in [0.25, 0.3) is 0 Å². The highest BCUT2D eigenvalue weighted by atomic mass is 16.3. The van der Waals surface area contributed by atoms with Gasteiger partial charge in [-0.3, -0.25) is 4.79 Å². The molecule has 0 radical (unpaired) electrons. The van der Waals surface area contributed by atoms with Crippen LogP contribution in [0.2, 0.25) is 0 Å². The fraction of sp³-hybridized carbons (Fsp3) is 0.455. The molecular formula is C11H17N3O2. The van der Waals surface area contributed by atoms with Gasteiger partial charge >= 0.3 is 0 Å². The van der Waals surface area contributed by atoms with E-state index in [2.05, 4.69) is 10.3 Å². The molecule has 0 atom stereocenters. The van der Waals surface area contributed by atoms with Gasteiger partial charge in [-0.2, -0.15) is 0 Å². The van der Waals surface area contributed by atoms with E-state index in [4.69, 9.17) is 0 Å². The highest BCUT2D eigenvalue weighted by Crippen LogP contribution is 2.11. The first-order chi connectivity index (χ1) is 7.61. The van der Waals surface area contributed by atoms with Crippen LogP contribution in [0.1, 0.15) is 16.9 Å². The predicted molar refractivity (Wildman–Crippen MR) is 61.4 cm³/mol. The highest BCUT2D eigenvalue weighted by Gasteiger charge is 2.10. The number of hydrogen-bond donors (Lipinski definition) is 2. The van der Waals surface area contributed by atoms with Crippen LogP contribution in [0, 0.1) is 0 Å². The van der Waals surface area contributed by atoms with Gasteiger partial charge in [-0.05, 0) is 39.2 Å². The number of hydrogen-bond acceptors (Lipinski definition) is 4. The number of amides is 1. The van der Waals surface area contributed by atoms with Gasteiger partial charge in [-0.15, -0.1) is 0 Å². The van der Waals surface area contributed by atoms with E-state index in [1.165, 1.54) is 12.3 Å². The van der Waals surface area contributed by atoms with Gasteiger partial charge in [0.2, 0.25) is 0 Å². The second kappa shape index (κ2) is 6.07. The topological polar surface area (TPSA) is 65.5 Å². The van der Waals surface area contributed by atoms with Crippen molar-refractivity contribution in [2.24, 2.45) is 0 Å². The number of carbonyl (C=O) groups excluding carboxylic acids is 1. The molecule has 16 heavy (non-hydrogen) atoms. The van der Waals surface area contributed by atoms with Gasteiger partial charge in [0.1, 0.15) is 5.75 Å². The summed E-state index contributed by atoms with van der Waals surface area (Å²) in [6, 6.07) is 3.03. The third-order valence-electron chi connectivity index (χ3n) is 2.07. The summed E-state index contributed by atoms with van der Waals surface area (Å²) in [5.41, 5.74) is 0.0763. The van der Waals surface area contributed by atoms with Crippen molar-refractivity contribution in [1.82, 2.24) is 15.2 Å². The lowest BCUT2D eigenvalue weighted by Gasteiger charge is -2.09. The van der Waals surface area contributed by atoms with E-state index in [9.17, 15) is 9.90 Å². The van der Waals surface area contributed by atoms with Crippen LogP contribution >= 0.6 is 0 Å². The van der Waals surface area contributed by atoms with Crippen molar-refractivity contribution in [3.05, 3.63) is 24.0 Å². The van der Waals surface area contributed by atoms with Gasteiger partial charge in [0.25, 0.3) is 5.91 Å². The van der Waals surface area contributed by atoms with Crippen LogP contribution in [-0.2, 0) is 0 Å². The Bertz CT molecular complexity index is 353. The maximum absolute atomic E-state index is 11.6. The van der Waals surface area contributed by atoms with Gasteiger partial charge in [-0.1, -0.05) is 0 Å². The van der Waals surface area contributed by atoms with E-state index in [1.54, 1.807) is 6.07 Å². The smallest absolute Gasteiger partial charge is 0.273 e. The molecule has 0 aromatic carbocycles. The van der Waals surface area contributed by atoms with Crippen molar-refractivity contribution in [1.29, 1.82) is 0 Å². The lowest BCUT2D eigenvalue weighted by molar-refractivity contribution is 0.0944. The molecule has 5 heteroatoms. The summed E-state index contributed by atoms with van der Waals surface area (Å²) in [5.74, 6) is -0.426. The molecule has 0 spiro atoms. The third kappa shape index (κ3) is 3.86. The third-order valence-corrected chi connectivity index (χ3v) is 2.07. The minimum atomic E-state index is -0.336. The molecule has 0 aliphatic heterocycles. The quantitative estimate of drug-likeness (QED) is 0.712. The summed E-state index contributed by atoms with van der Waals surface area (Å²) < 4.78 is 0. The summed E-state index contributed by atoms with van der Waals surface area (Å²) in [6.07, 6.45) is 2.35. The van der Waals surface area contributed by atoms with Crippen LogP contribution < -0.4 is 5.32 Å². The normalized spacial score (nSPS) is 10.4. The van der Waals surface area contributed by atoms with Crippen molar-refractivity contribution in [3.8, 4) is 5.75 Å². The molecule has 1 rings (SSSR count). The summed E-state index contributed by atoms with van der Waals surface area (Å²) in [4.78, 5) is 17.4. The first-order valence-electron chi connectivity index (χ1n) is 5.18. The highest BCUT2D eigenvalue weighted by molar-refractivity contribution is 5.94. The molecule has 2 N–H and O–H groups in total. The summed E-state index contributed by atoms with van der Waals surface area (Å²) in [5, 5.41) is 12.1. The van der Waals surface area contributed by atoms with E-state index in [-0.39, 0.29) is 17.4 Å². The van der Waals surface area contributed by atoms with Crippen molar-refractivity contribution < 1.29 is 9.90 Å². The lowest BCUT2D eigenvalue weighted by Crippen LogP contribution is -2.27. The molecule has 0 unspecified atom stereocenters. The van der Waals surface area contributed by atoms with Crippen LogP contribution in [0.15, 0.2) is 18.3 Å². The van der Waals surface area contributed by atoms with Gasteiger partial charge in [0, 0.05) is 12.7 Å². The number of rotatable bonds is 5. The maximum Gasteiger partial charge on any atom is 0.273 e. The number of carbonyl (C=O) groups is 1. The first kappa shape index (κ1) is 12.4. The number of nitrogens with one attached hydrogen (secondary N) is 1. The van der Waals surface area contributed by atoms with Crippen molar-refractivity contribution in [3.63, 3.8) is 0 Å². The number of pyridine rings is 1. The van der Waals surface area contributed by atoms with Gasteiger partial charge in [0.05, 0.1) is 0 Å². The zero-order valence-corrected chi connectivity index (χ0v) is 9.60. The van der Waals surface area contributed by atoms with Crippen LogP contribution in [0.4, 0.5) is 0 Å². The molecular weight excluding hydrogens is 206 g/mol. The molecule has 1 aromatic rings. The average molecular weight is 223 g/mol. The molecule has 0 aliphatic carbocycles. The van der Waals surface area contributed by atoms with E-state index >= 15 is 0 Å². The second-order valence-electron chi connectivity index (χ2n) is 3.78. The molecule has 0 aliphatic rings. The number of aromatic hydroxyl groups is 1. The summed E-state index contributed by atoms with van der Waals surface area (Å²) in [7, 11) is 3.96. The standard InChI is InChI=1S/C11H17N3O2/c1-14(2)8-4-7-13-11(16)10-9(15)5-3-6-12-10/h3,5-6,15H,4,7-8H2,1-2H3,(H,13,16). The largest absolute Gasteiger partial charge is 0.505 e. The second-order valence-corrected chi connectivity index (χ2v) is 3.78. The van der Waals surface area contributed by atoms with E-state index in [0.717, 1.165) is 13.0 Å². The minimum absolute atomic E-state index is 0.0763. The molecule has 1 aromatic heterocycles. The zero-order chi connectivity index (χ0) is 12.0. The molecule has 5 nitrogen and oxygen atoms in total. The Balaban J connectivity index is 2.39. The van der Waals surface area contributed by atoms with Gasteiger partial charge < -0.3 is 15.3 Å². The Labute approximate surface area is 95.1 Å². The molecule has 0 bridgehead atoms. The predicted octanol–water partition coefficient (Wildman–Crippen LogP) is 0.469. The van der Waals surface area contributed by atoms with E-state index < -0.39 is 0 Å². The van der Waals surface area contributed by atoms with Crippen molar-refractivity contribution in [2.75, 3.05) is 27.2 Å². The minimum Gasteiger partial charge on any atom is -0.505 e. The Morgan fingerprint density at radius 2 is 2.31 bits per heavy atom. The molecule has 0 fully saturated rings. The molecule has 0 saturated carbocycles. The van der Waals surface area contributed by atoms with Crippen LogP contribution in [0.3, 0.4) is 0 Å². The van der Waals surface area contributed by atoms with Crippen molar-refractivity contribution in [2.45, 2.75) is 6.42 Å². The Hall–Kier alpha value is -1.62. The summed E-state index contributed by atoms with van der Waals surface area (Å²) >= 11 is 0. The Kier molecular flexibility index (Phi) is 4.72. The molecule has 0 saturated heterocycles. The monoisotopic (exact) mass is 223 g/mol. The first-order valence-corrected chi connectivity index (χ1v) is 5.18. The van der Waals surface area contributed by atoms with Crippen LogP contribution in [0.5, 0.6) is 5.75 Å². The Morgan fingerprint density at radius 1 is 1.56 bits per heavy atom. The summed E-state index contributed by atoms with van der Waals surface area (Å²) in [6.45, 7) is 1.49. The van der Waals surface area contributed by atoms with E-state index in [0.29, 0.717) is 6.54 Å². The molecule has 1 amide bonds. The molecule has 1 heterocycles. The molecule has 88 valence electrons. The lowest BCUT2D eigenvalue weighted by atomic mass is 10.3. The van der Waals surface area contributed by atoms with Crippen LogP contribution in [-0.4, -0.2) is 48.1 Å². The Morgan fingerprint density at radius 3 is 2.94 bits per heavy atom. The SMILES string of the molecule is CN(C)CCCNC(=O)c1ncccc1O. The fourth-order valence-electron chi connectivity index (χ4n) is 1.25.